The van der Waals surface area contributed by atoms with E-state index in [1.54, 1.807) is 28.8 Å². The van der Waals surface area contributed by atoms with Gasteiger partial charge in [0, 0.05) is 38.9 Å². The Morgan fingerprint density at radius 3 is 2.57 bits per heavy atom. The van der Waals surface area contributed by atoms with Gasteiger partial charge in [-0.3, -0.25) is 0 Å². The van der Waals surface area contributed by atoms with Gasteiger partial charge in [-0.15, -0.1) is 0 Å². The molecule has 0 saturated carbocycles. The van der Waals surface area contributed by atoms with Gasteiger partial charge in [0.2, 0.25) is 10.0 Å². The van der Waals surface area contributed by atoms with Gasteiger partial charge in [-0.05, 0) is 53.5 Å². The average molecular weight is 495 g/mol. The third-order valence-corrected chi connectivity index (χ3v) is 7.83. The number of nitrogens with zero attached hydrogens (tertiary/aromatic N) is 5. The number of sulfonamides is 1. The molecule has 1 saturated heterocycles. The van der Waals surface area contributed by atoms with Crippen LogP contribution in [0.3, 0.4) is 0 Å². The monoisotopic (exact) mass is 494 g/mol. The van der Waals surface area contributed by atoms with Gasteiger partial charge in [0.25, 0.3) is 0 Å². The highest BCUT2D eigenvalue weighted by Gasteiger charge is 2.24. The molecular formula is C19H23BrN6O3S. The molecule has 9 nitrogen and oxygen atoms in total. The van der Waals surface area contributed by atoms with Crippen molar-refractivity contribution >= 4 is 48.9 Å². The first-order valence-electron chi connectivity index (χ1n) is 9.45. The zero-order valence-corrected chi connectivity index (χ0v) is 19.3. The fraction of sp³-hybridized carbons (Fsp3) is 0.368. The number of aryl methyl sites for hydroxylation is 1. The molecule has 2 aromatic heterocycles. The minimum Gasteiger partial charge on any atom is -0.391 e. The van der Waals surface area contributed by atoms with Gasteiger partial charge in [0.05, 0.1) is 21.2 Å². The molecule has 0 unspecified atom stereocenters. The molecule has 30 heavy (non-hydrogen) atoms. The molecule has 0 radical (unpaired) electrons. The minimum absolute atomic E-state index is 0.224. The summed E-state index contributed by atoms with van der Waals surface area (Å²) in [6, 6.07) is 8.45. The van der Waals surface area contributed by atoms with Crippen molar-refractivity contribution in [2.75, 3.05) is 37.4 Å². The largest absolute Gasteiger partial charge is 0.391 e. The van der Waals surface area contributed by atoms with Gasteiger partial charge >= 0.3 is 0 Å². The molecule has 0 amide bonds. The first-order chi connectivity index (χ1) is 14.2. The maximum atomic E-state index is 12.3. The summed E-state index contributed by atoms with van der Waals surface area (Å²) >= 11 is 3.56. The molecule has 3 aromatic rings. The molecular weight excluding hydrogens is 472 g/mol. The van der Waals surface area contributed by atoms with Crippen molar-refractivity contribution in [2.24, 2.45) is 0 Å². The van der Waals surface area contributed by atoms with Crippen molar-refractivity contribution in [1.29, 1.82) is 0 Å². The Balaban J connectivity index is 1.72. The highest BCUT2D eigenvalue weighted by molar-refractivity contribution is 9.10. The summed E-state index contributed by atoms with van der Waals surface area (Å²) in [5.41, 5.74) is 2.19. The first kappa shape index (κ1) is 21.0. The number of aliphatic hydroxyl groups is 1. The lowest BCUT2D eigenvalue weighted by Gasteiger charge is -2.19. The van der Waals surface area contributed by atoms with Crippen molar-refractivity contribution in [3.8, 4) is 0 Å². The Morgan fingerprint density at radius 2 is 1.97 bits per heavy atom. The van der Waals surface area contributed by atoms with E-state index in [1.807, 2.05) is 17.9 Å². The van der Waals surface area contributed by atoms with E-state index < -0.39 is 10.0 Å². The minimum atomic E-state index is -3.49. The summed E-state index contributed by atoms with van der Waals surface area (Å²) in [4.78, 5) is 6.99. The molecule has 1 fully saturated rings. The fourth-order valence-corrected chi connectivity index (χ4v) is 4.59. The average Bonchev–Trinajstić information content (AvgIpc) is 3.26. The number of aliphatic hydroxyl groups excluding tert-OH is 1. The molecule has 160 valence electrons. The SMILES string of the molecule is Cc1nn2c(Nc3ccc(S(=O)(=O)N(C)C)cc3)cc(N3CC[C@H](O)C3)nc2c1Br. The number of anilines is 3. The maximum absolute atomic E-state index is 12.3. The Kier molecular flexibility index (Phi) is 5.47. The zero-order valence-electron chi connectivity index (χ0n) is 16.9. The van der Waals surface area contributed by atoms with Crippen LogP contribution in [0.2, 0.25) is 0 Å². The van der Waals surface area contributed by atoms with Crippen LogP contribution in [0.1, 0.15) is 12.1 Å². The van der Waals surface area contributed by atoms with Gasteiger partial charge < -0.3 is 15.3 Å². The molecule has 1 atom stereocenters. The van der Waals surface area contributed by atoms with E-state index in [1.165, 1.54) is 18.4 Å². The van der Waals surface area contributed by atoms with E-state index in [-0.39, 0.29) is 11.0 Å². The smallest absolute Gasteiger partial charge is 0.242 e. The number of fused-ring (bicyclic) bond motifs is 1. The van der Waals surface area contributed by atoms with Gasteiger partial charge in [0.15, 0.2) is 5.65 Å². The lowest BCUT2D eigenvalue weighted by Crippen LogP contribution is -2.23. The molecule has 0 aliphatic carbocycles. The molecule has 0 spiro atoms. The molecule has 1 aliphatic heterocycles. The van der Waals surface area contributed by atoms with Crippen LogP contribution in [-0.2, 0) is 10.0 Å². The molecule has 11 heteroatoms. The Labute approximate surface area is 183 Å². The fourth-order valence-electron chi connectivity index (χ4n) is 3.35. The summed E-state index contributed by atoms with van der Waals surface area (Å²) in [5, 5.41) is 17.8. The van der Waals surface area contributed by atoms with Crippen molar-refractivity contribution in [1.82, 2.24) is 18.9 Å². The van der Waals surface area contributed by atoms with Crippen LogP contribution in [0.25, 0.3) is 5.65 Å². The van der Waals surface area contributed by atoms with Crippen LogP contribution in [0.4, 0.5) is 17.3 Å². The summed E-state index contributed by atoms with van der Waals surface area (Å²) in [7, 11) is -0.477. The number of nitrogens with one attached hydrogen (secondary N) is 1. The van der Waals surface area contributed by atoms with Crippen LogP contribution in [0, 0.1) is 6.92 Å². The molecule has 1 aromatic carbocycles. The standard InChI is InChI=1S/C19H23BrN6O3S/c1-12-18(20)19-22-16(25-9-8-14(27)11-25)10-17(26(19)23-12)21-13-4-6-15(7-5-13)30(28,29)24(2)3/h4-7,10,14,21,27H,8-9,11H2,1-3H3/t14-/m0/s1. The summed E-state index contributed by atoms with van der Waals surface area (Å²) in [6.07, 6.45) is 0.345. The number of β-amino-alcohol motifs (C(OH)–C–C–N with tert-alkyl or cyclic N) is 1. The van der Waals surface area contributed by atoms with E-state index >= 15 is 0 Å². The lowest BCUT2D eigenvalue weighted by atomic mass is 10.3. The Bertz CT molecular complexity index is 1190. The molecule has 0 bridgehead atoms. The highest BCUT2D eigenvalue weighted by Crippen LogP contribution is 2.30. The van der Waals surface area contributed by atoms with Gasteiger partial charge in [-0.2, -0.15) is 9.61 Å². The topological polar surface area (TPSA) is 103 Å². The van der Waals surface area contributed by atoms with Crippen LogP contribution in [0.15, 0.2) is 39.7 Å². The van der Waals surface area contributed by atoms with Crippen LogP contribution in [-0.4, -0.2) is 65.7 Å². The van der Waals surface area contributed by atoms with Gasteiger partial charge in [0.1, 0.15) is 11.6 Å². The number of hydrogen-bond acceptors (Lipinski definition) is 7. The molecule has 3 heterocycles. The van der Waals surface area contributed by atoms with E-state index in [9.17, 15) is 13.5 Å². The van der Waals surface area contributed by atoms with Crippen molar-refractivity contribution in [3.63, 3.8) is 0 Å². The number of rotatable bonds is 5. The second kappa shape index (κ2) is 7.80. The lowest BCUT2D eigenvalue weighted by molar-refractivity contribution is 0.198. The predicted molar refractivity (Wildman–Crippen MR) is 119 cm³/mol. The van der Waals surface area contributed by atoms with Crippen molar-refractivity contribution in [2.45, 2.75) is 24.3 Å². The number of halogens is 1. The predicted octanol–water partition coefficient (Wildman–Crippen LogP) is 2.37. The van der Waals surface area contributed by atoms with E-state index in [4.69, 9.17) is 4.98 Å². The second-order valence-electron chi connectivity index (χ2n) is 7.46. The Morgan fingerprint density at radius 1 is 1.27 bits per heavy atom. The number of hydrogen-bond donors (Lipinski definition) is 2. The summed E-state index contributed by atoms with van der Waals surface area (Å²) in [6.45, 7) is 3.15. The zero-order chi connectivity index (χ0) is 21.6. The Hall–Kier alpha value is -2.21. The van der Waals surface area contributed by atoms with Crippen LogP contribution < -0.4 is 10.2 Å². The van der Waals surface area contributed by atoms with Crippen molar-refractivity contribution in [3.05, 3.63) is 40.5 Å². The van der Waals surface area contributed by atoms with Crippen LogP contribution >= 0.6 is 15.9 Å². The molecule has 1 aliphatic rings. The summed E-state index contributed by atoms with van der Waals surface area (Å²) < 4.78 is 28.3. The van der Waals surface area contributed by atoms with E-state index in [0.717, 1.165) is 28.2 Å². The normalized spacial score (nSPS) is 17.3. The van der Waals surface area contributed by atoms with Crippen LogP contribution in [0.5, 0.6) is 0 Å². The first-order valence-corrected chi connectivity index (χ1v) is 11.7. The molecule has 4 rings (SSSR count). The third-order valence-electron chi connectivity index (χ3n) is 5.07. The maximum Gasteiger partial charge on any atom is 0.242 e. The highest BCUT2D eigenvalue weighted by atomic mass is 79.9. The van der Waals surface area contributed by atoms with Gasteiger partial charge in [-0.1, -0.05) is 0 Å². The number of benzene rings is 1. The number of aromatic nitrogens is 3. The van der Waals surface area contributed by atoms with Gasteiger partial charge in [-0.25, -0.2) is 17.7 Å². The van der Waals surface area contributed by atoms with Crippen molar-refractivity contribution < 1.29 is 13.5 Å². The molecule has 2 N–H and O–H groups in total. The second-order valence-corrected chi connectivity index (χ2v) is 10.4. The van der Waals surface area contributed by atoms with E-state index in [2.05, 4.69) is 26.3 Å². The summed E-state index contributed by atoms with van der Waals surface area (Å²) in [5.74, 6) is 1.43. The quantitative estimate of drug-likeness (QED) is 0.560. The third kappa shape index (κ3) is 3.78. The van der Waals surface area contributed by atoms with E-state index in [0.29, 0.717) is 24.4 Å².